The maximum atomic E-state index is 5.31. The first-order valence-corrected chi connectivity index (χ1v) is 7.69. The molecule has 1 aromatic carbocycles. The van der Waals surface area contributed by atoms with Gasteiger partial charge in [0.2, 0.25) is 0 Å². The molecule has 116 valence electrons. The van der Waals surface area contributed by atoms with Crippen LogP contribution in [0.25, 0.3) is 0 Å². The molecule has 21 heavy (non-hydrogen) atoms. The molecule has 0 bridgehead atoms. The van der Waals surface area contributed by atoms with E-state index in [-0.39, 0.29) is 12.4 Å². The van der Waals surface area contributed by atoms with E-state index in [0.717, 1.165) is 19.6 Å². The van der Waals surface area contributed by atoms with Gasteiger partial charge in [-0.3, -0.25) is 20.8 Å². The topological polar surface area (TPSA) is 69.4 Å². The van der Waals surface area contributed by atoms with Gasteiger partial charge in [-0.25, -0.2) is 0 Å². The van der Waals surface area contributed by atoms with Gasteiger partial charge in [0, 0.05) is 25.7 Å². The molecule has 6 nitrogen and oxygen atoms in total. The van der Waals surface area contributed by atoms with Crippen molar-refractivity contribution < 1.29 is 4.84 Å². The van der Waals surface area contributed by atoms with Crippen molar-refractivity contribution in [3.05, 3.63) is 35.4 Å². The van der Waals surface area contributed by atoms with Gasteiger partial charge in [-0.15, -0.1) is 0 Å². The summed E-state index contributed by atoms with van der Waals surface area (Å²) in [5.74, 6) is 0. The van der Waals surface area contributed by atoms with Crippen LogP contribution in [0.2, 0.25) is 0 Å². The molecule has 5 N–H and O–H groups in total. The third-order valence-electron chi connectivity index (χ3n) is 4.03. The predicted octanol–water partition coefficient (Wildman–Crippen LogP) is 0.325. The van der Waals surface area contributed by atoms with Gasteiger partial charge in [0.25, 0.3) is 0 Å². The summed E-state index contributed by atoms with van der Waals surface area (Å²) in [4.78, 5) is 5.31. The maximum Gasteiger partial charge on any atom is 0.128 e. The molecule has 2 aliphatic rings. The highest BCUT2D eigenvalue weighted by molar-refractivity contribution is 5.27. The molecule has 3 unspecified atom stereocenters. The summed E-state index contributed by atoms with van der Waals surface area (Å²) >= 11 is 0. The molecular weight excluding hydrogens is 266 g/mol. The minimum Gasteiger partial charge on any atom is -0.313 e. The van der Waals surface area contributed by atoms with Crippen molar-refractivity contribution in [3.8, 4) is 0 Å². The van der Waals surface area contributed by atoms with Crippen molar-refractivity contribution in [1.29, 1.82) is 0 Å². The van der Waals surface area contributed by atoms with Gasteiger partial charge in [-0.05, 0) is 25.0 Å². The smallest absolute Gasteiger partial charge is 0.128 e. The highest BCUT2D eigenvalue weighted by Gasteiger charge is 2.22. The summed E-state index contributed by atoms with van der Waals surface area (Å²) in [6, 6.07) is 8.96. The molecule has 2 saturated heterocycles. The first kappa shape index (κ1) is 14.9. The van der Waals surface area contributed by atoms with Crippen molar-refractivity contribution in [1.82, 2.24) is 26.7 Å². The maximum absolute atomic E-state index is 5.31. The van der Waals surface area contributed by atoms with Gasteiger partial charge in [0.05, 0.1) is 6.17 Å². The Hall–Kier alpha value is -1.02. The highest BCUT2D eigenvalue weighted by atomic mass is 16.7. The number of hydroxylamine groups is 1. The van der Waals surface area contributed by atoms with Crippen molar-refractivity contribution in [2.24, 2.45) is 0 Å². The summed E-state index contributed by atoms with van der Waals surface area (Å²) in [5, 5.41) is 13.8. The van der Waals surface area contributed by atoms with Crippen molar-refractivity contribution in [2.75, 3.05) is 19.6 Å². The third kappa shape index (κ3) is 3.79. The van der Waals surface area contributed by atoms with Crippen molar-refractivity contribution in [2.45, 2.75) is 38.4 Å². The average Bonchev–Trinajstić information content (AvgIpc) is 2.95. The zero-order valence-corrected chi connectivity index (χ0v) is 12.6. The lowest BCUT2D eigenvalue weighted by molar-refractivity contribution is 0.0329. The van der Waals surface area contributed by atoms with Gasteiger partial charge in [0.15, 0.2) is 0 Å². The quantitative estimate of drug-likeness (QED) is 0.551. The fourth-order valence-corrected chi connectivity index (χ4v) is 2.78. The fraction of sp³-hybridized carbons (Fsp3) is 0.600. The van der Waals surface area contributed by atoms with Gasteiger partial charge >= 0.3 is 0 Å². The van der Waals surface area contributed by atoms with Crippen LogP contribution in [0.3, 0.4) is 0 Å². The standard InChI is InChI=1S/C15H25N5O/c1-10(18-14-9-16-7-8-17-14)12-3-5-13(6-4-12)15-19-11(2)21-20-15/h3-6,10-11,14-20H,7-9H2,1-2H3/t10-,11?,14?,15?/m1/s1. The molecule has 0 aliphatic carbocycles. The first-order valence-electron chi connectivity index (χ1n) is 7.69. The van der Waals surface area contributed by atoms with E-state index in [4.69, 9.17) is 4.84 Å². The summed E-state index contributed by atoms with van der Waals surface area (Å²) in [6.45, 7) is 7.21. The second kappa shape index (κ2) is 6.83. The molecule has 0 radical (unpaired) electrons. The molecular formula is C15H25N5O. The SMILES string of the molecule is CC1NC(c2ccc([C@@H](C)NC3CNCCN3)cc2)NO1. The van der Waals surface area contributed by atoms with Crippen LogP contribution < -0.4 is 26.7 Å². The fourth-order valence-electron chi connectivity index (χ4n) is 2.78. The van der Waals surface area contributed by atoms with E-state index in [9.17, 15) is 0 Å². The normalized spacial score (nSPS) is 31.2. The van der Waals surface area contributed by atoms with Crippen molar-refractivity contribution >= 4 is 0 Å². The molecule has 6 heteroatoms. The predicted molar refractivity (Wildman–Crippen MR) is 82.2 cm³/mol. The Morgan fingerprint density at radius 2 is 2.05 bits per heavy atom. The lowest BCUT2D eigenvalue weighted by Gasteiger charge is -2.28. The van der Waals surface area contributed by atoms with Gasteiger partial charge < -0.3 is 5.32 Å². The van der Waals surface area contributed by atoms with E-state index in [2.05, 4.69) is 57.9 Å². The number of rotatable bonds is 4. The number of nitrogens with one attached hydrogen (secondary N) is 5. The van der Waals surface area contributed by atoms with Crippen LogP contribution in [0, 0.1) is 0 Å². The Morgan fingerprint density at radius 3 is 2.67 bits per heavy atom. The molecule has 2 aliphatic heterocycles. The zero-order valence-electron chi connectivity index (χ0n) is 12.6. The molecule has 2 heterocycles. The van der Waals surface area contributed by atoms with E-state index >= 15 is 0 Å². The Morgan fingerprint density at radius 1 is 1.24 bits per heavy atom. The van der Waals surface area contributed by atoms with Crippen LogP contribution in [-0.4, -0.2) is 32.0 Å². The first-order chi connectivity index (χ1) is 10.2. The Bertz CT molecular complexity index is 446. The van der Waals surface area contributed by atoms with Gasteiger partial charge in [-0.2, -0.15) is 5.48 Å². The van der Waals surface area contributed by atoms with E-state index < -0.39 is 0 Å². The largest absolute Gasteiger partial charge is 0.313 e. The zero-order chi connectivity index (χ0) is 14.7. The number of benzene rings is 1. The molecule has 0 spiro atoms. The Balaban J connectivity index is 1.58. The average molecular weight is 291 g/mol. The summed E-state index contributed by atoms with van der Waals surface area (Å²) in [6.07, 6.45) is 0.447. The van der Waals surface area contributed by atoms with Crippen LogP contribution in [0.15, 0.2) is 24.3 Å². The van der Waals surface area contributed by atoms with Crippen LogP contribution in [0.5, 0.6) is 0 Å². The number of hydrogen-bond donors (Lipinski definition) is 5. The molecule has 0 saturated carbocycles. The summed E-state index contributed by atoms with van der Waals surface area (Å²) < 4.78 is 0. The number of piperazine rings is 1. The number of hydrogen-bond acceptors (Lipinski definition) is 6. The molecule has 3 rings (SSSR count). The Labute approximate surface area is 126 Å². The summed E-state index contributed by atoms with van der Waals surface area (Å²) in [5.41, 5.74) is 5.47. The monoisotopic (exact) mass is 291 g/mol. The van der Waals surface area contributed by atoms with Crippen LogP contribution in [0.1, 0.15) is 37.2 Å². The van der Waals surface area contributed by atoms with E-state index in [1.807, 2.05) is 6.92 Å². The minimum atomic E-state index is 0.0418. The van der Waals surface area contributed by atoms with E-state index in [0.29, 0.717) is 12.2 Å². The van der Waals surface area contributed by atoms with E-state index in [1.54, 1.807) is 0 Å². The second-order valence-electron chi connectivity index (χ2n) is 5.74. The lowest BCUT2D eigenvalue weighted by Crippen LogP contribution is -2.55. The molecule has 2 fully saturated rings. The highest BCUT2D eigenvalue weighted by Crippen LogP contribution is 2.19. The van der Waals surface area contributed by atoms with Crippen molar-refractivity contribution in [3.63, 3.8) is 0 Å². The molecule has 0 amide bonds. The third-order valence-corrected chi connectivity index (χ3v) is 4.03. The van der Waals surface area contributed by atoms with E-state index in [1.165, 1.54) is 11.1 Å². The van der Waals surface area contributed by atoms with Crippen LogP contribution >= 0.6 is 0 Å². The van der Waals surface area contributed by atoms with Crippen LogP contribution in [0.4, 0.5) is 0 Å². The minimum absolute atomic E-state index is 0.0418. The summed E-state index contributed by atoms with van der Waals surface area (Å²) in [7, 11) is 0. The Kier molecular flexibility index (Phi) is 4.84. The molecule has 4 atom stereocenters. The van der Waals surface area contributed by atoms with Crippen LogP contribution in [-0.2, 0) is 4.84 Å². The van der Waals surface area contributed by atoms with Gasteiger partial charge in [0.1, 0.15) is 12.4 Å². The second-order valence-corrected chi connectivity index (χ2v) is 5.74. The lowest BCUT2D eigenvalue weighted by atomic mass is 10.0. The molecule has 1 aromatic rings. The van der Waals surface area contributed by atoms with Gasteiger partial charge in [-0.1, -0.05) is 24.3 Å². The molecule has 0 aromatic heterocycles.